The Balaban J connectivity index is 2.03. The topological polar surface area (TPSA) is 61.4 Å². The van der Waals surface area contributed by atoms with E-state index < -0.39 is 6.17 Å². The fourth-order valence-electron chi connectivity index (χ4n) is 2.43. The maximum Gasteiger partial charge on any atom is 0.256 e. The molecule has 1 amide bonds. The Morgan fingerprint density at radius 1 is 1.20 bits per heavy atom. The molecule has 0 radical (unpaired) electrons. The number of phenols is 1. The number of rotatable bonds is 1. The minimum Gasteiger partial charge on any atom is -0.508 e. The molecule has 1 aromatic heterocycles. The standard InChI is InChI=1S/C15H16N2O2S/c1-7-4-5-11(18)10(6-7)13-16-14(19)12-8(2)9(3)20-15(12)17-13/h4-6,13,17-18H,1-3H3,(H,16,19). The van der Waals surface area contributed by atoms with E-state index in [2.05, 4.69) is 10.6 Å². The zero-order chi connectivity index (χ0) is 14.4. The molecule has 0 bridgehead atoms. The van der Waals surface area contributed by atoms with Crippen LogP contribution in [0.2, 0.25) is 0 Å². The number of hydrogen-bond donors (Lipinski definition) is 3. The molecular weight excluding hydrogens is 272 g/mol. The van der Waals surface area contributed by atoms with Gasteiger partial charge in [-0.25, -0.2) is 0 Å². The number of hydrogen-bond acceptors (Lipinski definition) is 4. The van der Waals surface area contributed by atoms with Crippen molar-refractivity contribution in [3.05, 3.63) is 45.3 Å². The van der Waals surface area contributed by atoms with Crippen molar-refractivity contribution in [3.63, 3.8) is 0 Å². The second kappa shape index (κ2) is 4.52. The fraction of sp³-hybridized carbons (Fsp3) is 0.267. The van der Waals surface area contributed by atoms with Crippen LogP contribution in [0.4, 0.5) is 5.00 Å². The summed E-state index contributed by atoms with van der Waals surface area (Å²) in [7, 11) is 0. The van der Waals surface area contributed by atoms with Crippen molar-refractivity contribution < 1.29 is 9.90 Å². The number of carbonyl (C=O) groups excluding carboxylic acids is 1. The Bertz CT molecular complexity index is 706. The second-order valence-electron chi connectivity index (χ2n) is 5.10. The highest BCUT2D eigenvalue weighted by molar-refractivity contribution is 7.16. The minimum absolute atomic E-state index is 0.0912. The summed E-state index contributed by atoms with van der Waals surface area (Å²) in [6, 6.07) is 5.37. The van der Waals surface area contributed by atoms with Crippen LogP contribution >= 0.6 is 11.3 Å². The molecule has 0 saturated heterocycles. The van der Waals surface area contributed by atoms with E-state index >= 15 is 0 Å². The third kappa shape index (κ3) is 1.94. The van der Waals surface area contributed by atoms with Gasteiger partial charge in [-0.3, -0.25) is 4.79 Å². The predicted octanol–water partition coefficient (Wildman–Crippen LogP) is 3.23. The Morgan fingerprint density at radius 2 is 1.95 bits per heavy atom. The highest BCUT2D eigenvalue weighted by Crippen LogP contribution is 2.38. The molecule has 1 unspecified atom stereocenters. The van der Waals surface area contributed by atoms with Crippen LogP contribution in [0.1, 0.15) is 38.1 Å². The van der Waals surface area contributed by atoms with Crippen molar-refractivity contribution in [2.45, 2.75) is 26.9 Å². The molecule has 1 aliphatic rings. The maximum atomic E-state index is 12.3. The lowest BCUT2D eigenvalue weighted by Gasteiger charge is -2.27. The van der Waals surface area contributed by atoms with Crippen LogP contribution in [0.15, 0.2) is 18.2 Å². The van der Waals surface area contributed by atoms with Gasteiger partial charge in [-0.05, 0) is 38.5 Å². The summed E-state index contributed by atoms with van der Waals surface area (Å²) in [6.07, 6.45) is -0.396. The van der Waals surface area contributed by atoms with Crippen LogP contribution in [0.3, 0.4) is 0 Å². The summed E-state index contributed by atoms with van der Waals surface area (Å²) in [4.78, 5) is 13.4. The molecule has 2 heterocycles. The molecule has 4 nitrogen and oxygen atoms in total. The van der Waals surface area contributed by atoms with E-state index in [1.54, 1.807) is 17.4 Å². The Morgan fingerprint density at radius 3 is 2.70 bits per heavy atom. The Hall–Kier alpha value is -2.01. The quantitative estimate of drug-likeness (QED) is 0.755. The Labute approximate surface area is 121 Å². The van der Waals surface area contributed by atoms with Gasteiger partial charge in [0.15, 0.2) is 0 Å². The van der Waals surface area contributed by atoms with Gasteiger partial charge in [-0.2, -0.15) is 0 Å². The molecule has 1 aliphatic heterocycles. The number of nitrogens with one attached hydrogen (secondary N) is 2. The first-order valence-electron chi connectivity index (χ1n) is 6.44. The average Bonchev–Trinajstić information content (AvgIpc) is 2.68. The largest absolute Gasteiger partial charge is 0.508 e. The van der Waals surface area contributed by atoms with Crippen molar-refractivity contribution in [2.75, 3.05) is 5.32 Å². The molecule has 1 atom stereocenters. The van der Waals surface area contributed by atoms with Crippen molar-refractivity contribution in [2.24, 2.45) is 0 Å². The van der Waals surface area contributed by atoms with E-state index in [1.165, 1.54) is 0 Å². The molecular formula is C15H16N2O2S. The lowest BCUT2D eigenvalue weighted by atomic mass is 10.0. The lowest BCUT2D eigenvalue weighted by molar-refractivity contribution is 0.0935. The molecule has 104 valence electrons. The number of aryl methyl sites for hydroxylation is 2. The fourth-order valence-corrected chi connectivity index (χ4v) is 3.52. The maximum absolute atomic E-state index is 12.3. The van der Waals surface area contributed by atoms with Gasteiger partial charge in [0.05, 0.1) is 5.56 Å². The van der Waals surface area contributed by atoms with Gasteiger partial charge in [-0.1, -0.05) is 11.6 Å². The van der Waals surface area contributed by atoms with Gasteiger partial charge < -0.3 is 15.7 Å². The summed E-state index contributed by atoms with van der Waals surface area (Å²) in [5.41, 5.74) is 3.46. The SMILES string of the molecule is Cc1ccc(O)c(C2NC(=O)c3c(sc(C)c3C)N2)c1. The first kappa shape index (κ1) is 13.0. The normalized spacial score (nSPS) is 17.4. The van der Waals surface area contributed by atoms with Crippen LogP contribution in [-0.4, -0.2) is 11.0 Å². The van der Waals surface area contributed by atoms with E-state index in [1.807, 2.05) is 32.9 Å². The van der Waals surface area contributed by atoms with E-state index in [4.69, 9.17) is 0 Å². The lowest BCUT2D eigenvalue weighted by Crippen LogP contribution is -2.38. The summed E-state index contributed by atoms with van der Waals surface area (Å²) in [5, 5.41) is 17.1. The minimum atomic E-state index is -0.396. The number of carbonyl (C=O) groups is 1. The number of phenolic OH excluding ortho intramolecular Hbond substituents is 1. The number of thiophene rings is 1. The van der Waals surface area contributed by atoms with E-state index in [0.29, 0.717) is 5.56 Å². The number of aromatic hydroxyl groups is 1. The summed E-state index contributed by atoms with van der Waals surface area (Å²) >= 11 is 1.58. The molecule has 0 fully saturated rings. The zero-order valence-electron chi connectivity index (χ0n) is 11.6. The highest BCUT2D eigenvalue weighted by Gasteiger charge is 2.30. The molecule has 0 saturated carbocycles. The molecule has 3 N–H and O–H groups in total. The van der Waals surface area contributed by atoms with Crippen molar-refractivity contribution >= 4 is 22.2 Å². The highest BCUT2D eigenvalue weighted by atomic mass is 32.1. The van der Waals surface area contributed by atoms with E-state index in [-0.39, 0.29) is 11.7 Å². The molecule has 0 aliphatic carbocycles. The third-order valence-electron chi connectivity index (χ3n) is 3.66. The van der Waals surface area contributed by atoms with Gasteiger partial charge >= 0.3 is 0 Å². The molecule has 3 rings (SSSR count). The first-order valence-corrected chi connectivity index (χ1v) is 7.26. The molecule has 5 heteroatoms. The number of anilines is 1. The van der Waals surface area contributed by atoms with Crippen molar-refractivity contribution in [1.29, 1.82) is 0 Å². The van der Waals surface area contributed by atoms with Gasteiger partial charge in [-0.15, -0.1) is 11.3 Å². The van der Waals surface area contributed by atoms with E-state index in [9.17, 15) is 9.90 Å². The van der Waals surface area contributed by atoms with Crippen LogP contribution < -0.4 is 10.6 Å². The van der Waals surface area contributed by atoms with Crippen molar-refractivity contribution in [1.82, 2.24) is 5.32 Å². The van der Waals surface area contributed by atoms with Crippen LogP contribution in [0.5, 0.6) is 5.75 Å². The third-order valence-corrected chi connectivity index (χ3v) is 4.80. The first-order chi connectivity index (χ1) is 9.47. The van der Waals surface area contributed by atoms with E-state index in [0.717, 1.165) is 26.6 Å². The van der Waals surface area contributed by atoms with Gasteiger partial charge in [0.1, 0.15) is 16.9 Å². The van der Waals surface area contributed by atoms with Crippen LogP contribution in [-0.2, 0) is 0 Å². The zero-order valence-corrected chi connectivity index (χ0v) is 12.4. The average molecular weight is 288 g/mol. The number of benzene rings is 1. The number of fused-ring (bicyclic) bond motifs is 1. The summed E-state index contributed by atoms with van der Waals surface area (Å²) in [5.74, 6) is 0.0911. The second-order valence-corrected chi connectivity index (χ2v) is 6.33. The molecule has 1 aromatic carbocycles. The summed E-state index contributed by atoms with van der Waals surface area (Å²) in [6.45, 7) is 5.92. The summed E-state index contributed by atoms with van der Waals surface area (Å²) < 4.78 is 0. The van der Waals surface area contributed by atoms with Gasteiger partial charge in [0, 0.05) is 10.4 Å². The molecule has 20 heavy (non-hydrogen) atoms. The number of amides is 1. The monoisotopic (exact) mass is 288 g/mol. The van der Waals surface area contributed by atoms with Gasteiger partial charge in [0.25, 0.3) is 5.91 Å². The van der Waals surface area contributed by atoms with Crippen LogP contribution in [0, 0.1) is 20.8 Å². The predicted molar refractivity (Wildman–Crippen MR) is 80.5 cm³/mol. The molecule has 0 spiro atoms. The molecule has 2 aromatic rings. The van der Waals surface area contributed by atoms with Crippen LogP contribution in [0.25, 0.3) is 0 Å². The Kier molecular flexibility index (Phi) is 2.94. The van der Waals surface area contributed by atoms with Gasteiger partial charge in [0.2, 0.25) is 0 Å². The smallest absolute Gasteiger partial charge is 0.256 e. The van der Waals surface area contributed by atoms with Crippen molar-refractivity contribution in [3.8, 4) is 5.75 Å².